The predicted molar refractivity (Wildman–Crippen MR) is 83.9 cm³/mol. The topological polar surface area (TPSA) is 35.2 Å². The lowest BCUT2D eigenvalue weighted by molar-refractivity contribution is 0.483. The number of benzene rings is 2. The number of nitrogens with two attached hydrogens (primary N) is 1. The first-order valence-corrected chi connectivity index (χ1v) is 6.74. The quantitative estimate of drug-likeness (QED) is 0.797. The van der Waals surface area contributed by atoms with Crippen molar-refractivity contribution in [3.63, 3.8) is 0 Å². The molecule has 0 saturated carbocycles. The third-order valence-corrected chi connectivity index (χ3v) is 3.68. The fourth-order valence-corrected chi connectivity index (χ4v) is 2.29. The average Bonchev–Trinajstić information content (AvgIpc) is 2.34. The van der Waals surface area contributed by atoms with Gasteiger partial charge in [0.25, 0.3) is 0 Å². The first-order chi connectivity index (χ1) is 8.99. The molecule has 0 bridgehead atoms. The fraction of sp³-hybridized carbons (Fsp3) is 0. The van der Waals surface area contributed by atoms with Crippen molar-refractivity contribution >= 4 is 52.0 Å². The van der Waals surface area contributed by atoms with Gasteiger partial charge in [0, 0.05) is 11.6 Å². The summed E-state index contributed by atoms with van der Waals surface area (Å²) < 4.78 is 5.62. The molecule has 0 amide bonds. The summed E-state index contributed by atoms with van der Waals surface area (Å²) in [6, 6.07) is 10.2. The molecular formula is C13H8Cl3NOS. The van der Waals surface area contributed by atoms with E-state index in [4.69, 9.17) is 57.5 Å². The summed E-state index contributed by atoms with van der Waals surface area (Å²) in [5.74, 6) is 0.975. The molecule has 0 aliphatic carbocycles. The monoisotopic (exact) mass is 331 g/mol. The van der Waals surface area contributed by atoms with Crippen LogP contribution in [0.3, 0.4) is 0 Å². The van der Waals surface area contributed by atoms with Crippen LogP contribution >= 0.6 is 47.0 Å². The van der Waals surface area contributed by atoms with Gasteiger partial charge < -0.3 is 10.5 Å². The van der Waals surface area contributed by atoms with E-state index < -0.39 is 0 Å². The molecule has 0 aliphatic rings. The van der Waals surface area contributed by atoms with Gasteiger partial charge in [-0.1, -0.05) is 53.1 Å². The number of ether oxygens (including phenoxy) is 1. The van der Waals surface area contributed by atoms with Crippen LogP contribution in [0.1, 0.15) is 5.56 Å². The van der Waals surface area contributed by atoms with Gasteiger partial charge in [0.2, 0.25) is 0 Å². The van der Waals surface area contributed by atoms with E-state index in [1.165, 1.54) is 0 Å². The molecule has 0 aliphatic heterocycles. The van der Waals surface area contributed by atoms with E-state index in [2.05, 4.69) is 0 Å². The van der Waals surface area contributed by atoms with Crippen LogP contribution in [0.4, 0.5) is 0 Å². The van der Waals surface area contributed by atoms with Gasteiger partial charge in [-0.2, -0.15) is 0 Å². The minimum Gasteiger partial charge on any atom is -0.456 e. The van der Waals surface area contributed by atoms with Crippen LogP contribution in [0.5, 0.6) is 11.5 Å². The molecule has 0 radical (unpaired) electrons. The second-order valence-corrected chi connectivity index (χ2v) is 5.29. The van der Waals surface area contributed by atoms with Crippen molar-refractivity contribution in [2.75, 3.05) is 0 Å². The number of hydrogen-bond acceptors (Lipinski definition) is 2. The summed E-state index contributed by atoms with van der Waals surface area (Å²) in [6.07, 6.45) is 0. The van der Waals surface area contributed by atoms with Gasteiger partial charge in [-0.15, -0.1) is 0 Å². The van der Waals surface area contributed by atoms with Gasteiger partial charge in [0.15, 0.2) is 0 Å². The molecular weight excluding hydrogens is 325 g/mol. The fourth-order valence-electron chi connectivity index (χ4n) is 1.45. The van der Waals surface area contributed by atoms with Crippen LogP contribution in [-0.2, 0) is 0 Å². The molecule has 2 nitrogen and oxygen atoms in total. The Balaban J connectivity index is 2.32. The predicted octanol–water partition coefficient (Wildman–Crippen LogP) is 5.07. The molecule has 2 N–H and O–H groups in total. The van der Waals surface area contributed by atoms with Gasteiger partial charge in [-0.25, -0.2) is 0 Å². The molecule has 0 fully saturated rings. The minimum absolute atomic E-state index is 0.234. The molecule has 2 aromatic carbocycles. The van der Waals surface area contributed by atoms with Crippen LogP contribution in [0.15, 0.2) is 36.4 Å². The molecule has 0 atom stereocenters. The van der Waals surface area contributed by atoms with E-state index in [-0.39, 0.29) is 4.99 Å². The van der Waals surface area contributed by atoms with Gasteiger partial charge in [0.1, 0.15) is 21.5 Å². The van der Waals surface area contributed by atoms with Crippen molar-refractivity contribution in [1.29, 1.82) is 0 Å². The second kappa shape index (κ2) is 5.97. The normalized spacial score (nSPS) is 10.3. The number of thiocarbonyl (C=S) groups is 1. The molecule has 98 valence electrons. The molecule has 0 unspecified atom stereocenters. The first kappa shape index (κ1) is 14.4. The highest BCUT2D eigenvalue weighted by Gasteiger charge is 2.09. The summed E-state index contributed by atoms with van der Waals surface area (Å²) in [5.41, 5.74) is 6.13. The van der Waals surface area contributed by atoms with E-state index >= 15 is 0 Å². The van der Waals surface area contributed by atoms with E-state index in [1.807, 2.05) is 0 Å². The zero-order valence-electron chi connectivity index (χ0n) is 9.49. The van der Waals surface area contributed by atoms with Crippen molar-refractivity contribution in [2.45, 2.75) is 0 Å². The zero-order chi connectivity index (χ0) is 14.0. The largest absolute Gasteiger partial charge is 0.456 e. The van der Waals surface area contributed by atoms with E-state index in [9.17, 15) is 0 Å². The Morgan fingerprint density at radius 1 is 1.05 bits per heavy atom. The van der Waals surface area contributed by atoms with Crippen LogP contribution < -0.4 is 10.5 Å². The molecule has 2 rings (SSSR count). The minimum atomic E-state index is 0.234. The molecule has 0 aromatic heterocycles. The Hall–Kier alpha value is -1.000. The maximum Gasteiger partial charge on any atom is 0.147 e. The zero-order valence-corrected chi connectivity index (χ0v) is 12.6. The number of rotatable bonds is 3. The summed E-state index contributed by atoms with van der Waals surface area (Å²) in [7, 11) is 0. The lowest BCUT2D eigenvalue weighted by atomic mass is 10.2. The van der Waals surface area contributed by atoms with E-state index in [0.717, 1.165) is 0 Å². The summed E-state index contributed by atoms with van der Waals surface area (Å²) in [6.45, 7) is 0. The molecule has 0 spiro atoms. The van der Waals surface area contributed by atoms with Crippen molar-refractivity contribution in [3.8, 4) is 11.5 Å². The highest BCUT2D eigenvalue weighted by atomic mass is 35.5. The maximum absolute atomic E-state index is 6.06. The second-order valence-electron chi connectivity index (χ2n) is 3.66. The highest BCUT2D eigenvalue weighted by Crippen LogP contribution is 2.35. The first-order valence-electron chi connectivity index (χ1n) is 5.20. The Bertz CT molecular complexity index is 646. The van der Waals surface area contributed by atoms with Crippen LogP contribution in [0.2, 0.25) is 15.1 Å². The van der Waals surface area contributed by atoms with Gasteiger partial charge >= 0.3 is 0 Å². The highest BCUT2D eigenvalue weighted by molar-refractivity contribution is 7.80. The van der Waals surface area contributed by atoms with Crippen LogP contribution in [-0.4, -0.2) is 4.99 Å². The summed E-state index contributed by atoms with van der Waals surface area (Å²) >= 11 is 22.9. The van der Waals surface area contributed by atoms with Crippen molar-refractivity contribution < 1.29 is 4.74 Å². The lowest BCUT2D eigenvalue weighted by Gasteiger charge is -2.10. The molecule has 19 heavy (non-hydrogen) atoms. The van der Waals surface area contributed by atoms with Gasteiger partial charge in [-0.05, 0) is 24.3 Å². The van der Waals surface area contributed by atoms with Crippen molar-refractivity contribution in [2.24, 2.45) is 5.73 Å². The van der Waals surface area contributed by atoms with E-state index in [0.29, 0.717) is 32.1 Å². The standard InChI is InChI=1S/C13H8Cl3NOS/c14-9-2-1-3-11(12(9)16)18-7-4-5-8(13(17)19)10(15)6-7/h1-6H,(H2,17,19). The Labute approximate surface area is 131 Å². The van der Waals surface area contributed by atoms with Gasteiger partial charge in [-0.3, -0.25) is 0 Å². The van der Waals surface area contributed by atoms with Crippen LogP contribution in [0.25, 0.3) is 0 Å². The Kier molecular flexibility index (Phi) is 4.53. The lowest BCUT2D eigenvalue weighted by Crippen LogP contribution is -2.09. The van der Waals surface area contributed by atoms with Crippen molar-refractivity contribution in [1.82, 2.24) is 0 Å². The van der Waals surface area contributed by atoms with Crippen LogP contribution in [0, 0.1) is 0 Å². The molecule has 6 heteroatoms. The third kappa shape index (κ3) is 3.31. The maximum atomic E-state index is 6.06. The Morgan fingerprint density at radius 3 is 2.42 bits per heavy atom. The SMILES string of the molecule is NC(=S)c1ccc(Oc2cccc(Cl)c2Cl)cc1Cl. The molecule has 2 aromatic rings. The summed E-state index contributed by atoms with van der Waals surface area (Å²) in [4.78, 5) is 0.234. The Morgan fingerprint density at radius 2 is 1.79 bits per heavy atom. The van der Waals surface area contributed by atoms with Crippen molar-refractivity contribution in [3.05, 3.63) is 57.0 Å². The average molecular weight is 333 g/mol. The van der Waals surface area contributed by atoms with Gasteiger partial charge in [0.05, 0.1) is 10.0 Å². The van der Waals surface area contributed by atoms with E-state index in [1.54, 1.807) is 36.4 Å². The molecule has 0 heterocycles. The molecule has 0 saturated heterocycles. The smallest absolute Gasteiger partial charge is 0.147 e. The third-order valence-electron chi connectivity index (χ3n) is 2.35. The number of halogens is 3. The number of hydrogen-bond donors (Lipinski definition) is 1. The summed E-state index contributed by atoms with van der Waals surface area (Å²) in [5, 5.41) is 1.19.